The summed E-state index contributed by atoms with van der Waals surface area (Å²) in [5.74, 6) is -1.73. The van der Waals surface area contributed by atoms with Crippen molar-refractivity contribution in [2.24, 2.45) is 0 Å². The lowest BCUT2D eigenvalue weighted by Gasteiger charge is -2.25. The number of likely N-dealkylation sites (tertiary alicyclic amines) is 1. The smallest absolute Gasteiger partial charge is 0.337 e. The van der Waals surface area contributed by atoms with Crippen LogP contribution in [0, 0.1) is 6.92 Å². The summed E-state index contributed by atoms with van der Waals surface area (Å²) in [7, 11) is 2.79. The number of ketones is 1. The number of rotatable bonds is 9. The summed E-state index contributed by atoms with van der Waals surface area (Å²) in [5.41, 5.74) is 3.40. The first-order chi connectivity index (χ1) is 18.3. The van der Waals surface area contributed by atoms with E-state index in [0.717, 1.165) is 11.1 Å². The topological polar surface area (TPSA) is 102 Å². The standard InChI is InChI=1S/C30H29NO7/c1-19-5-4-6-20(17-19)18-38-24-13-11-22(12-14-24)27(32)25-26(31(15-16-36-2)29(34)28(25)33)21-7-9-23(10-8-21)30(35)37-3/h4-14,17,26,32H,15-16,18H2,1-3H3/b27-25+/t26-/m0/s1. The van der Waals surface area contributed by atoms with E-state index in [-0.39, 0.29) is 24.5 Å². The van der Waals surface area contributed by atoms with Crippen molar-refractivity contribution < 1.29 is 33.7 Å². The van der Waals surface area contributed by atoms with Crippen molar-refractivity contribution in [2.75, 3.05) is 27.4 Å². The summed E-state index contributed by atoms with van der Waals surface area (Å²) >= 11 is 0. The maximum Gasteiger partial charge on any atom is 0.337 e. The Morgan fingerprint density at radius 3 is 2.26 bits per heavy atom. The predicted molar refractivity (Wildman–Crippen MR) is 141 cm³/mol. The van der Waals surface area contributed by atoms with Crippen LogP contribution in [-0.2, 0) is 25.7 Å². The van der Waals surface area contributed by atoms with Crippen molar-refractivity contribution >= 4 is 23.4 Å². The molecular formula is C30H29NO7. The molecule has 4 rings (SSSR count). The first-order valence-electron chi connectivity index (χ1n) is 12.1. The number of esters is 1. The Labute approximate surface area is 221 Å². The molecule has 1 saturated heterocycles. The van der Waals surface area contributed by atoms with Gasteiger partial charge in [-0.15, -0.1) is 0 Å². The molecule has 1 fully saturated rings. The molecule has 38 heavy (non-hydrogen) atoms. The Kier molecular flexibility index (Phi) is 8.23. The van der Waals surface area contributed by atoms with Crippen LogP contribution < -0.4 is 4.74 Å². The van der Waals surface area contributed by atoms with Crippen LogP contribution in [0.2, 0.25) is 0 Å². The molecule has 3 aromatic rings. The fourth-order valence-corrected chi connectivity index (χ4v) is 4.40. The van der Waals surface area contributed by atoms with E-state index in [1.54, 1.807) is 48.5 Å². The first-order valence-corrected chi connectivity index (χ1v) is 12.1. The predicted octanol–water partition coefficient (Wildman–Crippen LogP) is 4.43. The number of benzene rings is 3. The highest BCUT2D eigenvalue weighted by Crippen LogP contribution is 2.39. The summed E-state index contributed by atoms with van der Waals surface area (Å²) < 4.78 is 15.7. The van der Waals surface area contributed by atoms with Crippen molar-refractivity contribution in [1.29, 1.82) is 0 Å². The summed E-state index contributed by atoms with van der Waals surface area (Å²) in [6, 6.07) is 20.2. The molecule has 0 bridgehead atoms. The third-order valence-electron chi connectivity index (χ3n) is 6.34. The highest BCUT2D eigenvalue weighted by molar-refractivity contribution is 6.46. The molecule has 0 aromatic heterocycles. The Morgan fingerprint density at radius 2 is 1.63 bits per heavy atom. The molecule has 1 atom stereocenters. The van der Waals surface area contributed by atoms with Gasteiger partial charge in [0.05, 0.1) is 30.9 Å². The Morgan fingerprint density at radius 1 is 0.947 bits per heavy atom. The molecule has 0 aliphatic carbocycles. The maximum atomic E-state index is 13.1. The van der Waals surface area contributed by atoms with E-state index in [2.05, 4.69) is 0 Å². The third kappa shape index (κ3) is 5.60. The van der Waals surface area contributed by atoms with E-state index in [0.29, 0.717) is 29.0 Å². The van der Waals surface area contributed by atoms with Crippen LogP contribution in [0.25, 0.3) is 5.76 Å². The number of methoxy groups -OCH3 is 2. The van der Waals surface area contributed by atoms with Gasteiger partial charge >= 0.3 is 5.97 Å². The van der Waals surface area contributed by atoms with Crippen molar-refractivity contribution in [3.05, 3.63) is 106 Å². The summed E-state index contributed by atoms with van der Waals surface area (Å²) in [4.78, 5) is 39.3. The lowest BCUT2D eigenvalue weighted by Crippen LogP contribution is -2.32. The SMILES string of the molecule is COCCN1C(=O)C(=O)/C(=C(/O)c2ccc(OCc3cccc(C)c3)cc2)[C@@H]1c1ccc(C(=O)OC)cc1. The highest BCUT2D eigenvalue weighted by Gasteiger charge is 2.45. The van der Waals surface area contributed by atoms with Crippen LogP contribution in [0.1, 0.15) is 38.7 Å². The average molecular weight is 516 g/mol. The van der Waals surface area contributed by atoms with Gasteiger partial charge in [0.25, 0.3) is 11.7 Å². The number of nitrogens with zero attached hydrogens (tertiary/aromatic N) is 1. The minimum absolute atomic E-state index is 0.0367. The van der Waals surface area contributed by atoms with Gasteiger partial charge in [0.15, 0.2) is 0 Å². The van der Waals surface area contributed by atoms with E-state index in [1.165, 1.54) is 19.1 Å². The fourth-order valence-electron chi connectivity index (χ4n) is 4.40. The van der Waals surface area contributed by atoms with Crippen molar-refractivity contribution in [3.8, 4) is 5.75 Å². The highest BCUT2D eigenvalue weighted by atomic mass is 16.5. The second kappa shape index (κ2) is 11.7. The molecule has 8 heteroatoms. The molecule has 0 saturated carbocycles. The minimum Gasteiger partial charge on any atom is -0.507 e. The largest absolute Gasteiger partial charge is 0.507 e. The van der Waals surface area contributed by atoms with Crippen molar-refractivity contribution in [3.63, 3.8) is 0 Å². The van der Waals surface area contributed by atoms with Gasteiger partial charge in [0.2, 0.25) is 0 Å². The zero-order chi connectivity index (χ0) is 27.2. The van der Waals surface area contributed by atoms with E-state index >= 15 is 0 Å². The molecule has 0 radical (unpaired) electrons. The second-order valence-electron chi connectivity index (χ2n) is 8.90. The van der Waals surface area contributed by atoms with Crippen molar-refractivity contribution in [2.45, 2.75) is 19.6 Å². The molecule has 1 heterocycles. The number of aliphatic hydroxyl groups excluding tert-OH is 1. The molecule has 1 aliphatic rings. The summed E-state index contributed by atoms with van der Waals surface area (Å²) in [6.07, 6.45) is 0. The average Bonchev–Trinajstić information content (AvgIpc) is 3.19. The fraction of sp³-hybridized carbons (Fsp3) is 0.233. The summed E-state index contributed by atoms with van der Waals surface area (Å²) in [6.45, 7) is 2.75. The van der Waals surface area contributed by atoms with Crippen LogP contribution in [0.15, 0.2) is 78.4 Å². The van der Waals surface area contributed by atoms with Gasteiger partial charge in [-0.3, -0.25) is 9.59 Å². The van der Waals surface area contributed by atoms with Crippen LogP contribution in [0.3, 0.4) is 0 Å². The Balaban J connectivity index is 1.65. The summed E-state index contributed by atoms with van der Waals surface area (Å²) in [5, 5.41) is 11.2. The lowest BCUT2D eigenvalue weighted by atomic mass is 9.94. The maximum absolute atomic E-state index is 13.1. The van der Waals surface area contributed by atoms with Crippen LogP contribution >= 0.6 is 0 Å². The second-order valence-corrected chi connectivity index (χ2v) is 8.90. The number of Topliss-reactive ketones (excluding diaryl/α,β-unsaturated/α-hetero) is 1. The molecule has 0 spiro atoms. The van der Waals surface area contributed by atoms with Gasteiger partial charge in [-0.1, -0.05) is 42.0 Å². The molecule has 1 aliphatic heterocycles. The number of aryl methyl sites for hydroxylation is 1. The molecule has 0 unspecified atom stereocenters. The molecule has 196 valence electrons. The van der Waals surface area contributed by atoms with E-state index in [9.17, 15) is 19.5 Å². The van der Waals surface area contributed by atoms with Gasteiger partial charge in [-0.25, -0.2) is 4.79 Å². The Bertz CT molecular complexity index is 1360. The normalized spacial score (nSPS) is 16.5. The number of hydrogen-bond acceptors (Lipinski definition) is 7. The van der Waals surface area contributed by atoms with Gasteiger partial charge in [0.1, 0.15) is 18.1 Å². The number of hydrogen-bond donors (Lipinski definition) is 1. The molecule has 1 N–H and O–H groups in total. The molecule has 1 amide bonds. The van der Waals surface area contributed by atoms with E-state index < -0.39 is 23.7 Å². The van der Waals surface area contributed by atoms with Crippen LogP contribution in [-0.4, -0.2) is 55.0 Å². The third-order valence-corrected chi connectivity index (χ3v) is 6.34. The molecule has 3 aromatic carbocycles. The van der Waals surface area contributed by atoms with Gasteiger partial charge < -0.3 is 24.2 Å². The lowest BCUT2D eigenvalue weighted by molar-refractivity contribution is -0.140. The van der Waals surface area contributed by atoms with Crippen LogP contribution in [0.4, 0.5) is 0 Å². The number of carbonyl (C=O) groups is 3. The number of ether oxygens (including phenoxy) is 3. The number of aliphatic hydroxyl groups is 1. The Hall–Kier alpha value is -4.43. The van der Waals surface area contributed by atoms with Gasteiger partial charge in [-0.2, -0.15) is 0 Å². The van der Waals surface area contributed by atoms with E-state index in [1.807, 2.05) is 31.2 Å². The minimum atomic E-state index is -0.853. The molecule has 8 nitrogen and oxygen atoms in total. The van der Waals surface area contributed by atoms with Crippen LogP contribution in [0.5, 0.6) is 5.75 Å². The first kappa shape index (κ1) is 26.6. The number of amides is 1. The zero-order valence-electron chi connectivity index (χ0n) is 21.5. The molecular weight excluding hydrogens is 486 g/mol. The van der Waals surface area contributed by atoms with E-state index in [4.69, 9.17) is 14.2 Å². The zero-order valence-corrected chi connectivity index (χ0v) is 21.5. The number of carbonyl (C=O) groups excluding carboxylic acids is 3. The van der Waals surface area contributed by atoms with Crippen molar-refractivity contribution in [1.82, 2.24) is 4.90 Å². The quantitative estimate of drug-likeness (QED) is 0.195. The van der Waals surface area contributed by atoms with Gasteiger partial charge in [-0.05, 0) is 54.4 Å². The van der Waals surface area contributed by atoms with Gasteiger partial charge in [0, 0.05) is 19.2 Å². The monoisotopic (exact) mass is 515 g/mol.